The van der Waals surface area contributed by atoms with Gasteiger partial charge in [0.15, 0.2) is 75.8 Å². The first kappa shape index (κ1) is 38.8. The zero-order chi connectivity index (χ0) is 42.7. The average Bonchev–Trinajstić information content (AvgIpc) is 3.36. The molecule has 4 aromatic heterocycles. The van der Waals surface area contributed by atoms with Gasteiger partial charge in [-0.1, -0.05) is 133 Å². The molecule has 17 heterocycles. The normalized spacial score (nSPS) is 12.1. The van der Waals surface area contributed by atoms with Gasteiger partial charge >= 0.3 is 0 Å². The summed E-state index contributed by atoms with van der Waals surface area (Å²) in [5.74, 6) is 0. The lowest BCUT2D eigenvalue weighted by atomic mass is 9.98. The Hall–Kier alpha value is -8.08. The summed E-state index contributed by atoms with van der Waals surface area (Å²) in [6.07, 6.45) is 17.4. The van der Waals surface area contributed by atoms with Crippen LogP contribution in [0, 0.1) is 0 Å². The molecule has 0 atom stereocenters. The predicted molar refractivity (Wildman–Crippen MR) is 256 cm³/mol. The smallest absolute Gasteiger partial charge is 0.173 e. The second-order valence-electron chi connectivity index (χ2n) is 17.0. The monoisotopic (exact) mass is 824 g/mol. The van der Waals surface area contributed by atoms with Crippen molar-refractivity contribution in [2.24, 2.45) is 0 Å². The van der Waals surface area contributed by atoms with Gasteiger partial charge in [-0.25, -0.2) is 18.3 Å². The van der Waals surface area contributed by atoms with E-state index in [9.17, 15) is 0 Å². The van der Waals surface area contributed by atoms with Crippen LogP contribution < -0.4 is 18.3 Å². The molecule has 6 aromatic carbocycles. The quantitative estimate of drug-likeness (QED) is 0.135. The van der Waals surface area contributed by atoms with Gasteiger partial charge in [-0.15, -0.1) is 0 Å². The first-order valence-electron chi connectivity index (χ1n) is 22.1. The Balaban J connectivity index is 0.860. The highest BCUT2D eigenvalue weighted by molar-refractivity contribution is 5.74. The Morgan fingerprint density at radius 2 is 0.375 bits per heavy atom. The first-order chi connectivity index (χ1) is 31.6. The molecule has 0 spiro atoms. The molecule has 4 heteroatoms. The van der Waals surface area contributed by atoms with Crippen molar-refractivity contribution in [1.82, 2.24) is 0 Å². The molecule has 23 rings (SSSR count). The van der Waals surface area contributed by atoms with Gasteiger partial charge in [0.1, 0.15) is 0 Å². The van der Waals surface area contributed by atoms with Crippen LogP contribution in [0.1, 0.15) is 22.3 Å². The van der Waals surface area contributed by atoms with Crippen molar-refractivity contribution in [3.05, 3.63) is 266 Å². The number of hydrogen-bond acceptors (Lipinski definition) is 0. The van der Waals surface area contributed by atoms with E-state index in [1.165, 1.54) is 89.0 Å². The highest BCUT2D eigenvalue weighted by Crippen LogP contribution is 2.29. The average molecular weight is 825 g/mol. The molecule has 0 fully saturated rings. The van der Waals surface area contributed by atoms with Crippen LogP contribution >= 0.6 is 0 Å². The number of nitrogens with zero attached hydrogens (tertiary/aromatic N) is 4. The maximum absolute atomic E-state index is 2.30. The van der Waals surface area contributed by atoms with Crippen molar-refractivity contribution >= 4 is 0 Å². The van der Waals surface area contributed by atoms with E-state index in [-0.39, 0.29) is 0 Å². The van der Waals surface area contributed by atoms with E-state index in [2.05, 4.69) is 262 Å². The van der Waals surface area contributed by atoms with Crippen LogP contribution in [-0.4, -0.2) is 0 Å². The van der Waals surface area contributed by atoms with Crippen molar-refractivity contribution < 1.29 is 18.3 Å². The molecule has 0 aliphatic carbocycles. The van der Waals surface area contributed by atoms with Gasteiger partial charge in [0.2, 0.25) is 0 Å². The van der Waals surface area contributed by atoms with E-state index in [1.54, 1.807) is 0 Å². The Kier molecular flexibility index (Phi) is 10.5. The van der Waals surface area contributed by atoms with Crippen LogP contribution in [0.3, 0.4) is 0 Å². The molecule has 10 aromatic rings. The second-order valence-corrected chi connectivity index (χ2v) is 17.0. The summed E-state index contributed by atoms with van der Waals surface area (Å²) in [6.45, 7) is 3.26. The first-order valence-corrected chi connectivity index (χ1v) is 22.1. The Bertz CT molecular complexity index is 2740. The lowest BCUT2D eigenvalue weighted by molar-refractivity contribution is -0.688. The van der Waals surface area contributed by atoms with Gasteiger partial charge in [-0.05, 0) is 78.9 Å². The summed E-state index contributed by atoms with van der Waals surface area (Å²) in [7, 11) is 0. The summed E-state index contributed by atoms with van der Waals surface area (Å²) in [6, 6.07) is 71.3. The second kappa shape index (κ2) is 17.4. The minimum Gasteiger partial charge on any atom is -0.201 e. The van der Waals surface area contributed by atoms with Crippen molar-refractivity contribution in [1.29, 1.82) is 0 Å². The van der Waals surface area contributed by atoms with E-state index in [1.807, 2.05) is 0 Å². The van der Waals surface area contributed by atoms with Gasteiger partial charge in [0.25, 0.3) is 0 Å². The van der Waals surface area contributed by atoms with Crippen LogP contribution in [0.5, 0.6) is 0 Å². The van der Waals surface area contributed by atoms with Crippen LogP contribution in [0.2, 0.25) is 0 Å². The third kappa shape index (κ3) is 8.68. The molecule has 0 radical (unpaired) electrons. The fourth-order valence-electron chi connectivity index (χ4n) is 8.83. The fraction of sp³-hybridized carbons (Fsp3) is 0.0667. The molecule has 13 aliphatic rings. The zero-order valence-electron chi connectivity index (χ0n) is 35.7. The summed E-state index contributed by atoms with van der Waals surface area (Å²) < 4.78 is 8.98. The predicted octanol–water partition coefficient (Wildman–Crippen LogP) is 11.3. The minimum atomic E-state index is 0.815. The summed E-state index contributed by atoms with van der Waals surface area (Å²) in [5, 5.41) is 0. The van der Waals surface area contributed by atoms with Gasteiger partial charge in [0, 0.05) is 70.8 Å². The molecule has 0 amide bonds. The van der Waals surface area contributed by atoms with Crippen molar-refractivity contribution in [2.45, 2.75) is 26.2 Å². The van der Waals surface area contributed by atoms with E-state index in [4.69, 9.17) is 0 Å². The van der Waals surface area contributed by atoms with E-state index in [0.717, 1.165) is 26.2 Å². The topological polar surface area (TPSA) is 15.5 Å². The molecular formula is C60H48N4+4. The lowest BCUT2D eigenvalue weighted by Gasteiger charge is -2.08. The summed E-state index contributed by atoms with van der Waals surface area (Å²) in [5.41, 5.74) is 19.7. The summed E-state index contributed by atoms with van der Waals surface area (Å²) >= 11 is 0. The van der Waals surface area contributed by atoms with Gasteiger partial charge in [-0.3, -0.25) is 0 Å². The van der Waals surface area contributed by atoms with Gasteiger partial charge in [0.05, 0.1) is 0 Å². The van der Waals surface area contributed by atoms with Crippen LogP contribution in [0.4, 0.5) is 0 Å². The van der Waals surface area contributed by atoms with E-state index < -0.39 is 0 Å². The Labute approximate surface area is 375 Å². The van der Waals surface area contributed by atoms with Crippen LogP contribution in [0.25, 0.3) is 66.8 Å². The minimum absolute atomic E-state index is 0.815. The van der Waals surface area contributed by atoms with Crippen molar-refractivity contribution in [3.8, 4) is 66.8 Å². The van der Waals surface area contributed by atoms with Gasteiger partial charge in [-0.2, -0.15) is 0 Å². The number of benzene rings is 6. The van der Waals surface area contributed by atoms with E-state index in [0.29, 0.717) is 0 Å². The SMILES string of the molecule is c1cc2cc(c1)-c1ccc(cc1)C[n+]1ccc(cc1)-c1cc[n+](cc1)Cc1ccc(cc1)-c1cccc(c1)-c1ccc(cc1)C[n+]1ccc(cc1)-c1cc[n+](cc1)Cc1ccc-2cc1. The van der Waals surface area contributed by atoms with Crippen molar-refractivity contribution in [2.75, 3.05) is 0 Å². The third-order valence-corrected chi connectivity index (χ3v) is 12.6. The van der Waals surface area contributed by atoms with E-state index >= 15 is 0 Å². The van der Waals surface area contributed by atoms with Crippen LogP contribution in [0.15, 0.2) is 244 Å². The molecule has 0 N–H and O–H groups in total. The maximum Gasteiger partial charge on any atom is 0.173 e. The highest BCUT2D eigenvalue weighted by atomic mass is 14.9. The highest BCUT2D eigenvalue weighted by Gasteiger charge is 2.12. The van der Waals surface area contributed by atoms with Gasteiger partial charge < -0.3 is 0 Å². The summed E-state index contributed by atoms with van der Waals surface area (Å²) in [4.78, 5) is 0. The molecule has 20 bridgehead atoms. The Morgan fingerprint density at radius 3 is 0.578 bits per heavy atom. The maximum atomic E-state index is 2.30. The molecule has 304 valence electrons. The number of aromatic nitrogens is 4. The molecular weight excluding hydrogens is 777 g/mol. The number of hydrogen-bond donors (Lipinski definition) is 0. The molecule has 0 saturated heterocycles. The number of pyridine rings is 4. The molecule has 13 aliphatic heterocycles. The standard InChI is InChI=1S/C60H48N4/c1-3-57-39-58(4-1)50-17-9-46(10-18-50)42-62-33-25-54(26-34-62)56-29-37-64(38-30-56)44-48-13-21-52(22-14-48)60-6-2-5-59(40-60)51-19-11-47(12-20-51)43-63-35-27-55(28-36-63)53-23-31-61(32-24-53)41-45-7-15-49(57)16-8-45/h1-40H,41-44H2/q+4. The zero-order valence-corrected chi connectivity index (χ0v) is 35.7. The molecule has 64 heavy (non-hydrogen) atoms. The van der Waals surface area contributed by atoms with Crippen LogP contribution in [-0.2, 0) is 26.2 Å². The molecule has 0 unspecified atom stereocenters. The number of rotatable bonds is 0. The lowest BCUT2D eigenvalue weighted by Crippen LogP contribution is -2.33. The molecule has 0 saturated carbocycles. The van der Waals surface area contributed by atoms with Crippen molar-refractivity contribution in [3.63, 3.8) is 0 Å². The Morgan fingerprint density at radius 1 is 0.188 bits per heavy atom. The molecule has 4 nitrogen and oxygen atoms in total. The fourth-order valence-corrected chi connectivity index (χ4v) is 8.83. The third-order valence-electron chi connectivity index (χ3n) is 12.6. The largest absolute Gasteiger partial charge is 0.201 e.